The fourth-order valence-corrected chi connectivity index (χ4v) is 5.26. The van der Waals surface area contributed by atoms with E-state index in [0.29, 0.717) is 48.4 Å². The summed E-state index contributed by atoms with van der Waals surface area (Å²) in [5.41, 5.74) is 2.87. The Morgan fingerprint density at radius 1 is 0.848 bits per heavy atom. The third-order valence-corrected chi connectivity index (χ3v) is 6.94. The van der Waals surface area contributed by atoms with Crippen molar-refractivity contribution in [2.75, 3.05) is 26.2 Å². The molecule has 0 radical (unpaired) electrons. The van der Waals surface area contributed by atoms with E-state index < -0.39 is 0 Å². The van der Waals surface area contributed by atoms with Crippen molar-refractivity contribution >= 4 is 39.9 Å². The van der Waals surface area contributed by atoms with Gasteiger partial charge in [-0.25, -0.2) is 0 Å². The van der Waals surface area contributed by atoms with Crippen molar-refractivity contribution in [3.63, 3.8) is 0 Å². The predicted molar refractivity (Wildman–Crippen MR) is 122 cm³/mol. The number of nitrogens with zero attached hydrogens (tertiary/aromatic N) is 4. The van der Waals surface area contributed by atoms with E-state index in [1.807, 2.05) is 40.1 Å². The second-order valence-electron chi connectivity index (χ2n) is 8.83. The maximum Gasteiger partial charge on any atom is 0.254 e. The van der Waals surface area contributed by atoms with Crippen LogP contribution in [-0.4, -0.2) is 69.5 Å². The minimum absolute atomic E-state index is 0.0232. The van der Waals surface area contributed by atoms with Crippen molar-refractivity contribution < 1.29 is 14.4 Å². The van der Waals surface area contributed by atoms with Gasteiger partial charge in [0.15, 0.2) is 6.29 Å². The molecule has 0 bridgehead atoms. The molecule has 0 aliphatic carbocycles. The molecule has 6 rings (SSSR count). The van der Waals surface area contributed by atoms with Gasteiger partial charge in [0.25, 0.3) is 11.8 Å². The number of nitrogens with one attached hydrogen (secondary N) is 1. The van der Waals surface area contributed by atoms with Crippen molar-refractivity contribution in [2.24, 2.45) is 11.8 Å². The van der Waals surface area contributed by atoms with Crippen LogP contribution in [0, 0.1) is 11.8 Å². The number of likely N-dealkylation sites (tertiary alicyclic amines) is 2. The second-order valence-corrected chi connectivity index (χ2v) is 8.83. The molecule has 2 aliphatic heterocycles. The number of rotatable bonds is 3. The molecule has 8 heteroatoms. The first-order valence-electron chi connectivity index (χ1n) is 11.0. The van der Waals surface area contributed by atoms with Gasteiger partial charge in [0.1, 0.15) is 11.0 Å². The van der Waals surface area contributed by atoms with E-state index >= 15 is 0 Å². The van der Waals surface area contributed by atoms with Crippen LogP contribution in [0.2, 0.25) is 0 Å². The molecule has 0 spiro atoms. The topological polar surface area (TPSA) is 99.3 Å². The monoisotopic (exact) mass is 439 g/mol. The minimum atomic E-state index is -0.119. The highest BCUT2D eigenvalue weighted by Crippen LogP contribution is 2.33. The first-order valence-corrected chi connectivity index (χ1v) is 11.0. The molecule has 0 unspecified atom stereocenters. The van der Waals surface area contributed by atoms with Gasteiger partial charge >= 0.3 is 0 Å². The van der Waals surface area contributed by atoms with Crippen LogP contribution < -0.4 is 0 Å². The van der Waals surface area contributed by atoms with Gasteiger partial charge in [0, 0.05) is 49.1 Å². The highest BCUT2D eigenvalue weighted by molar-refractivity contribution is 6.10. The predicted octanol–water partition coefficient (Wildman–Crippen LogP) is 2.77. The Balaban J connectivity index is 1.18. The number of hydrogen-bond acceptors (Lipinski definition) is 5. The summed E-state index contributed by atoms with van der Waals surface area (Å²) in [4.78, 5) is 41.9. The third kappa shape index (κ3) is 3.17. The van der Waals surface area contributed by atoms with Gasteiger partial charge in [-0.05, 0) is 35.0 Å². The first-order chi connectivity index (χ1) is 16.1. The smallest absolute Gasteiger partial charge is 0.254 e. The van der Waals surface area contributed by atoms with Crippen molar-refractivity contribution in [3.05, 3.63) is 71.3 Å². The number of aromatic nitrogens is 3. The Labute approximate surface area is 189 Å². The summed E-state index contributed by atoms with van der Waals surface area (Å²) in [6.45, 7) is 2.40. The standard InChI is InChI=1S/C25H21N5O3/c31-14-21-19-4-2-1-3-15(19)5-7-20(21)25(33)30-12-17-10-29(11-18(17)13-30)24(32)16-6-8-22-23(9-16)27-28-26-22/h1-9,14,17-18H,10-13H2,(H,26,27,28)/t17-,18-/m1/s1. The number of hydrogen-bond donors (Lipinski definition) is 1. The van der Waals surface area contributed by atoms with E-state index in [-0.39, 0.29) is 23.7 Å². The molecule has 0 saturated carbocycles. The maximum absolute atomic E-state index is 13.3. The van der Waals surface area contributed by atoms with Gasteiger partial charge in [-0.3, -0.25) is 14.4 Å². The van der Waals surface area contributed by atoms with Crippen LogP contribution in [0.25, 0.3) is 21.8 Å². The molecule has 3 aromatic carbocycles. The fourth-order valence-electron chi connectivity index (χ4n) is 5.26. The van der Waals surface area contributed by atoms with E-state index in [4.69, 9.17) is 0 Å². The number of aromatic amines is 1. The van der Waals surface area contributed by atoms with Crippen LogP contribution in [0.5, 0.6) is 0 Å². The van der Waals surface area contributed by atoms with Crippen LogP contribution in [0.15, 0.2) is 54.6 Å². The molecule has 1 N–H and O–H groups in total. The zero-order chi connectivity index (χ0) is 22.5. The molecule has 2 atom stereocenters. The molecule has 8 nitrogen and oxygen atoms in total. The summed E-state index contributed by atoms with van der Waals surface area (Å²) in [6.07, 6.45) is 0.776. The average molecular weight is 439 g/mol. The molecule has 164 valence electrons. The Morgan fingerprint density at radius 2 is 1.55 bits per heavy atom. The Bertz CT molecular complexity index is 1410. The minimum Gasteiger partial charge on any atom is -0.338 e. The molecular weight excluding hydrogens is 418 g/mol. The summed E-state index contributed by atoms with van der Waals surface area (Å²) in [5, 5.41) is 12.4. The SMILES string of the molecule is O=Cc1c(C(=O)N2C[C@H]3CN(C(=O)c4ccc5n[nH]nc5c4)C[C@@H]3C2)ccc2ccccc12. The van der Waals surface area contributed by atoms with Crippen molar-refractivity contribution in [1.29, 1.82) is 0 Å². The zero-order valence-corrected chi connectivity index (χ0v) is 17.8. The summed E-state index contributed by atoms with van der Waals surface area (Å²) in [6, 6.07) is 16.5. The van der Waals surface area contributed by atoms with E-state index in [0.717, 1.165) is 22.6 Å². The molecular formula is C25H21N5O3. The Kier molecular flexibility index (Phi) is 4.46. The van der Waals surface area contributed by atoms with Crippen LogP contribution >= 0.6 is 0 Å². The number of fused-ring (bicyclic) bond motifs is 3. The third-order valence-electron chi connectivity index (χ3n) is 6.94. The van der Waals surface area contributed by atoms with Gasteiger partial charge in [-0.1, -0.05) is 30.3 Å². The van der Waals surface area contributed by atoms with Crippen LogP contribution in [0.3, 0.4) is 0 Å². The number of carbonyl (C=O) groups is 3. The molecule has 3 heterocycles. The van der Waals surface area contributed by atoms with Crippen molar-refractivity contribution in [1.82, 2.24) is 25.2 Å². The molecule has 4 aromatic rings. The van der Waals surface area contributed by atoms with E-state index in [2.05, 4.69) is 15.4 Å². The highest BCUT2D eigenvalue weighted by atomic mass is 16.2. The van der Waals surface area contributed by atoms with Gasteiger partial charge in [0.05, 0.1) is 5.56 Å². The molecule has 2 fully saturated rings. The molecule has 2 aliphatic rings. The number of aldehydes is 1. The number of H-pyrrole nitrogens is 1. The normalized spacial score (nSPS) is 19.9. The van der Waals surface area contributed by atoms with E-state index in [1.165, 1.54) is 0 Å². The van der Waals surface area contributed by atoms with Gasteiger partial charge in [-0.15, -0.1) is 0 Å². The van der Waals surface area contributed by atoms with Crippen LogP contribution in [0.4, 0.5) is 0 Å². The summed E-state index contributed by atoms with van der Waals surface area (Å²) in [7, 11) is 0. The summed E-state index contributed by atoms with van der Waals surface area (Å²) < 4.78 is 0. The molecule has 2 amide bonds. The van der Waals surface area contributed by atoms with Crippen LogP contribution in [-0.2, 0) is 0 Å². The van der Waals surface area contributed by atoms with Crippen molar-refractivity contribution in [3.8, 4) is 0 Å². The van der Waals surface area contributed by atoms with Gasteiger partial charge < -0.3 is 9.80 Å². The lowest BCUT2D eigenvalue weighted by atomic mass is 9.99. The first kappa shape index (κ1) is 19.6. The summed E-state index contributed by atoms with van der Waals surface area (Å²) in [5.74, 6) is 0.319. The van der Waals surface area contributed by atoms with Crippen LogP contribution in [0.1, 0.15) is 31.1 Å². The molecule has 33 heavy (non-hydrogen) atoms. The lowest BCUT2D eigenvalue weighted by Gasteiger charge is -2.22. The zero-order valence-electron chi connectivity index (χ0n) is 17.8. The number of amides is 2. The van der Waals surface area contributed by atoms with Crippen molar-refractivity contribution in [2.45, 2.75) is 0 Å². The highest BCUT2D eigenvalue weighted by Gasteiger charge is 2.43. The lowest BCUT2D eigenvalue weighted by molar-refractivity contribution is 0.0736. The number of carbonyl (C=O) groups excluding carboxylic acids is 3. The van der Waals surface area contributed by atoms with E-state index in [9.17, 15) is 14.4 Å². The second kappa shape index (κ2) is 7.51. The Hall–Kier alpha value is -4.07. The number of benzene rings is 3. The molecule has 1 aromatic heterocycles. The Morgan fingerprint density at radius 3 is 2.30 bits per heavy atom. The van der Waals surface area contributed by atoms with Gasteiger partial charge in [-0.2, -0.15) is 15.4 Å². The quantitative estimate of drug-likeness (QED) is 0.495. The fraction of sp³-hybridized carbons (Fsp3) is 0.240. The summed E-state index contributed by atoms with van der Waals surface area (Å²) >= 11 is 0. The molecule has 2 saturated heterocycles. The van der Waals surface area contributed by atoms with Gasteiger partial charge in [0.2, 0.25) is 0 Å². The van der Waals surface area contributed by atoms with E-state index in [1.54, 1.807) is 24.3 Å². The maximum atomic E-state index is 13.3. The average Bonchev–Trinajstić information content (AvgIpc) is 3.56. The lowest BCUT2D eigenvalue weighted by Crippen LogP contribution is -2.36. The largest absolute Gasteiger partial charge is 0.338 e.